The lowest BCUT2D eigenvalue weighted by Gasteiger charge is -2.33. The van der Waals surface area contributed by atoms with E-state index >= 15 is 0 Å². The Kier molecular flexibility index (Phi) is 4.54. The van der Waals surface area contributed by atoms with Crippen molar-refractivity contribution in [1.29, 1.82) is 0 Å². The van der Waals surface area contributed by atoms with Crippen molar-refractivity contribution in [2.24, 2.45) is 0 Å². The molecule has 1 saturated heterocycles. The fourth-order valence-electron chi connectivity index (χ4n) is 3.70. The van der Waals surface area contributed by atoms with Gasteiger partial charge in [0.15, 0.2) is 0 Å². The molecule has 0 aromatic heterocycles. The highest BCUT2D eigenvalue weighted by molar-refractivity contribution is 8.10. The zero-order valence-corrected chi connectivity index (χ0v) is 14.8. The van der Waals surface area contributed by atoms with Crippen molar-refractivity contribution in [3.63, 3.8) is 0 Å². The molecule has 2 fully saturated rings. The quantitative estimate of drug-likeness (QED) is 0.775. The van der Waals surface area contributed by atoms with Gasteiger partial charge in [-0.25, -0.2) is 9.34 Å². The smallest absolute Gasteiger partial charge is 0.204 e. The molecule has 0 N–H and O–H groups in total. The van der Waals surface area contributed by atoms with Crippen molar-refractivity contribution >= 4 is 18.4 Å². The molecule has 1 aliphatic heterocycles. The van der Waals surface area contributed by atoms with Crippen LogP contribution in [0.4, 0.5) is 0 Å². The van der Waals surface area contributed by atoms with Crippen LogP contribution in [0.15, 0.2) is 30.3 Å². The van der Waals surface area contributed by atoms with Crippen molar-refractivity contribution < 1.29 is 4.52 Å². The lowest BCUT2D eigenvalue weighted by atomic mass is 9.91. The predicted octanol–water partition coefficient (Wildman–Crippen LogP) is 4.18. The summed E-state index contributed by atoms with van der Waals surface area (Å²) in [6.07, 6.45) is 5.20. The molecule has 1 saturated carbocycles. The largest absolute Gasteiger partial charge is 0.319 e. The van der Waals surface area contributed by atoms with Gasteiger partial charge in [-0.3, -0.25) is 0 Å². The van der Waals surface area contributed by atoms with Crippen LogP contribution in [0.5, 0.6) is 0 Å². The molecule has 1 aromatic rings. The van der Waals surface area contributed by atoms with E-state index in [9.17, 15) is 0 Å². The zero-order chi connectivity index (χ0) is 15.0. The van der Waals surface area contributed by atoms with Crippen LogP contribution in [0.25, 0.3) is 0 Å². The molecule has 5 heteroatoms. The molecule has 0 spiro atoms. The van der Waals surface area contributed by atoms with Crippen molar-refractivity contribution in [1.82, 2.24) is 9.34 Å². The van der Waals surface area contributed by atoms with Crippen molar-refractivity contribution in [2.45, 2.75) is 50.8 Å². The molecule has 3 atom stereocenters. The first kappa shape index (κ1) is 15.6. The van der Waals surface area contributed by atoms with E-state index in [0.29, 0.717) is 12.1 Å². The Morgan fingerprint density at radius 3 is 2.14 bits per heavy atom. The summed E-state index contributed by atoms with van der Waals surface area (Å²) in [5, 5.41) is 0. The molecular formula is C16H25N2OPS. The summed E-state index contributed by atoms with van der Waals surface area (Å²) in [7, 11) is 4.34. The third-order valence-electron chi connectivity index (χ3n) is 5.02. The molecule has 2 aliphatic rings. The third kappa shape index (κ3) is 2.73. The Labute approximate surface area is 133 Å². The summed E-state index contributed by atoms with van der Waals surface area (Å²) in [6, 6.07) is 11.6. The topological polar surface area (TPSA) is 15.7 Å². The van der Waals surface area contributed by atoms with Gasteiger partial charge in [0.1, 0.15) is 0 Å². The maximum Gasteiger partial charge on any atom is 0.204 e. The summed E-state index contributed by atoms with van der Waals surface area (Å²) < 4.78 is 11.2. The van der Waals surface area contributed by atoms with E-state index < -0.39 is 6.57 Å². The van der Waals surface area contributed by atoms with Gasteiger partial charge in [-0.2, -0.15) is 0 Å². The van der Waals surface area contributed by atoms with E-state index in [0.717, 1.165) is 0 Å². The highest BCUT2D eigenvalue weighted by Crippen LogP contribution is 2.64. The summed E-state index contributed by atoms with van der Waals surface area (Å²) in [4.78, 5) is 0. The number of hydrogen-bond acceptors (Lipinski definition) is 2. The second-order valence-electron chi connectivity index (χ2n) is 6.22. The first-order valence-corrected chi connectivity index (χ1v) is 10.5. The lowest BCUT2D eigenvalue weighted by molar-refractivity contribution is 0.221. The van der Waals surface area contributed by atoms with Gasteiger partial charge in [0.25, 0.3) is 0 Å². The molecule has 3 nitrogen and oxygen atoms in total. The maximum absolute atomic E-state index is 6.48. The highest BCUT2D eigenvalue weighted by atomic mass is 32.5. The van der Waals surface area contributed by atoms with Crippen LogP contribution in [-0.2, 0) is 16.3 Å². The van der Waals surface area contributed by atoms with Gasteiger partial charge in [0.05, 0.1) is 6.10 Å². The normalized spacial score (nSPS) is 31.0. The number of nitrogens with zero attached hydrogens (tertiary/aromatic N) is 2. The molecule has 1 aromatic carbocycles. The van der Waals surface area contributed by atoms with Crippen LogP contribution < -0.4 is 0 Å². The summed E-state index contributed by atoms with van der Waals surface area (Å²) in [5.74, 6) is 0. The standard InChI is InChI=1S/C16H25N2OPS/c1-13(14-9-5-4-6-10-14)19-20(21)17(2)15-11-7-8-12-16(15)18(20)3/h4-6,9-10,13,15-16H,7-8,11-12H2,1-3H3/t13-,15+,16+/m0/s1. The van der Waals surface area contributed by atoms with Gasteiger partial charge in [0, 0.05) is 12.1 Å². The number of hydrogen-bond donors (Lipinski definition) is 0. The average Bonchev–Trinajstić information content (AvgIpc) is 2.71. The van der Waals surface area contributed by atoms with Crippen molar-refractivity contribution in [3.05, 3.63) is 35.9 Å². The van der Waals surface area contributed by atoms with E-state index in [-0.39, 0.29) is 6.10 Å². The average molecular weight is 324 g/mol. The predicted molar refractivity (Wildman–Crippen MR) is 91.8 cm³/mol. The van der Waals surface area contributed by atoms with Crippen LogP contribution in [-0.4, -0.2) is 35.5 Å². The van der Waals surface area contributed by atoms with Gasteiger partial charge in [-0.1, -0.05) is 43.2 Å². The number of rotatable bonds is 3. The molecule has 1 heterocycles. The third-order valence-corrected chi connectivity index (χ3v) is 9.60. The Morgan fingerprint density at radius 2 is 1.62 bits per heavy atom. The zero-order valence-electron chi connectivity index (χ0n) is 13.1. The van der Waals surface area contributed by atoms with E-state index in [1.807, 2.05) is 6.07 Å². The fourth-order valence-corrected chi connectivity index (χ4v) is 7.38. The fraction of sp³-hybridized carbons (Fsp3) is 0.625. The van der Waals surface area contributed by atoms with Crippen LogP contribution in [0, 0.1) is 0 Å². The first-order valence-electron chi connectivity index (χ1n) is 7.84. The monoisotopic (exact) mass is 324 g/mol. The molecule has 0 bridgehead atoms. The summed E-state index contributed by atoms with van der Waals surface area (Å²) in [5.41, 5.74) is 1.21. The van der Waals surface area contributed by atoms with E-state index in [4.69, 9.17) is 16.3 Å². The van der Waals surface area contributed by atoms with Crippen molar-refractivity contribution in [2.75, 3.05) is 14.1 Å². The number of fused-ring (bicyclic) bond motifs is 1. The minimum atomic E-state index is -2.08. The number of likely N-dealkylation sites (N-methyl/N-ethyl adjacent to an activating group) is 2. The summed E-state index contributed by atoms with van der Waals surface area (Å²) in [6.45, 7) is 0.0391. The van der Waals surface area contributed by atoms with E-state index in [1.165, 1.54) is 31.2 Å². The van der Waals surface area contributed by atoms with Gasteiger partial charge in [-0.15, -0.1) is 0 Å². The molecule has 116 valence electrons. The molecule has 21 heavy (non-hydrogen) atoms. The Bertz CT molecular complexity index is 516. The second-order valence-corrected chi connectivity index (χ2v) is 10.1. The van der Waals surface area contributed by atoms with Gasteiger partial charge >= 0.3 is 0 Å². The number of benzene rings is 1. The van der Waals surface area contributed by atoms with E-state index in [2.05, 4.69) is 54.6 Å². The van der Waals surface area contributed by atoms with Crippen molar-refractivity contribution in [3.8, 4) is 0 Å². The minimum Gasteiger partial charge on any atom is -0.319 e. The molecule has 3 rings (SSSR count). The van der Waals surface area contributed by atoms with Crippen LogP contribution in [0.3, 0.4) is 0 Å². The Morgan fingerprint density at radius 1 is 1.10 bits per heavy atom. The molecule has 0 radical (unpaired) electrons. The molecule has 0 unspecified atom stereocenters. The Balaban J connectivity index is 1.81. The molecule has 1 aliphatic carbocycles. The van der Waals surface area contributed by atoms with Gasteiger partial charge in [0.2, 0.25) is 6.57 Å². The van der Waals surface area contributed by atoms with Gasteiger partial charge in [-0.05, 0) is 51.2 Å². The maximum atomic E-state index is 6.48. The Hall–Kier alpha value is -0.250. The summed E-state index contributed by atoms with van der Waals surface area (Å²) >= 11 is 6.04. The lowest BCUT2D eigenvalue weighted by Crippen LogP contribution is -2.37. The highest BCUT2D eigenvalue weighted by Gasteiger charge is 2.50. The van der Waals surface area contributed by atoms with Crippen LogP contribution in [0.1, 0.15) is 44.3 Å². The van der Waals surface area contributed by atoms with Crippen LogP contribution in [0.2, 0.25) is 0 Å². The molecule has 0 amide bonds. The van der Waals surface area contributed by atoms with Gasteiger partial charge < -0.3 is 4.52 Å². The SMILES string of the molecule is C[C@H](OP1(=S)N(C)[C@@H]2CCCC[C@H]2N1C)c1ccccc1. The first-order chi connectivity index (χ1) is 10.0. The van der Waals surface area contributed by atoms with Crippen LogP contribution >= 0.6 is 6.57 Å². The minimum absolute atomic E-state index is 0.0436. The molecular weight excluding hydrogens is 299 g/mol. The van der Waals surface area contributed by atoms with E-state index in [1.54, 1.807) is 0 Å². The second kappa shape index (κ2) is 6.10.